The number of benzene rings is 6. The molecule has 0 bridgehead atoms. The van der Waals surface area contributed by atoms with Crippen molar-refractivity contribution >= 4 is 38.6 Å². The zero-order chi connectivity index (χ0) is 26.7. The molecular formula is C38H33N. The van der Waals surface area contributed by atoms with E-state index >= 15 is 0 Å². The van der Waals surface area contributed by atoms with Gasteiger partial charge in [0.1, 0.15) is 0 Å². The summed E-state index contributed by atoms with van der Waals surface area (Å²) >= 11 is 0. The Hall–Kier alpha value is -4.36. The number of nitrogens with zero attached hydrogens (tertiary/aromatic N) is 1. The summed E-state index contributed by atoms with van der Waals surface area (Å²) in [6.07, 6.45) is 0. The predicted octanol–water partition coefficient (Wildman–Crippen LogP) is 10.9. The van der Waals surface area contributed by atoms with E-state index in [1.807, 2.05) is 0 Å². The first-order valence-electron chi connectivity index (χ1n) is 14.0. The van der Waals surface area contributed by atoms with Gasteiger partial charge in [0.15, 0.2) is 0 Å². The van der Waals surface area contributed by atoms with E-state index in [4.69, 9.17) is 0 Å². The molecule has 190 valence electrons. The molecule has 6 aromatic rings. The molecule has 0 saturated carbocycles. The molecule has 0 heterocycles. The summed E-state index contributed by atoms with van der Waals surface area (Å²) in [4.78, 5) is 2.39. The maximum Gasteiger partial charge on any atom is 0.0468 e. The van der Waals surface area contributed by atoms with Crippen LogP contribution < -0.4 is 4.90 Å². The van der Waals surface area contributed by atoms with E-state index in [0.29, 0.717) is 5.92 Å². The molecule has 7 rings (SSSR count). The third-order valence-corrected chi connectivity index (χ3v) is 8.61. The standard InChI is InChI=1S/C38H33N/c1-25(2)26-16-19-32-27(22-26)14-15-28-23-30(17-20-33(28)32)39(29-10-6-5-7-11-29)31-18-21-35-34-12-8-9-13-36(34)38(3,4)37(35)24-31/h5-25H,1-4H3. The summed E-state index contributed by atoms with van der Waals surface area (Å²) in [5.41, 5.74) is 10.3. The summed E-state index contributed by atoms with van der Waals surface area (Å²) in [6.45, 7) is 9.21. The lowest BCUT2D eigenvalue weighted by Gasteiger charge is -2.28. The molecule has 0 saturated heterocycles. The van der Waals surface area contributed by atoms with Gasteiger partial charge in [0.05, 0.1) is 0 Å². The van der Waals surface area contributed by atoms with E-state index in [1.165, 1.54) is 60.7 Å². The van der Waals surface area contributed by atoms with Crippen LogP contribution in [0.1, 0.15) is 50.3 Å². The molecule has 0 radical (unpaired) electrons. The van der Waals surface area contributed by atoms with E-state index in [2.05, 4.69) is 154 Å². The largest absolute Gasteiger partial charge is 0.310 e. The number of rotatable bonds is 4. The Morgan fingerprint density at radius 2 is 1.13 bits per heavy atom. The lowest BCUT2D eigenvalue weighted by atomic mass is 9.82. The predicted molar refractivity (Wildman–Crippen MR) is 168 cm³/mol. The maximum absolute atomic E-state index is 2.40. The van der Waals surface area contributed by atoms with Crippen LogP contribution in [0.4, 0.5) is 17.1 Å². The summed E-state index contributed by atoms with van der Waals surface area (Å²) in [7, 11) is 0. The topological polar surface area (TPSA) is 3.24 Å². The number of para-hydroxylation sites is 1. The second-order valence-corrected chi connectivity index (χ2v) is 11.7. The first-order chi connectivity index (χ1) is 18.9. The monoisotopic (exact) mass is 503 g/mol. The highest BCUT2D eigenvalue weighted by Crippen LogP contribution is 2.50. The molecule has 1 heteroatoms. The van der Waals surface area contributed by atoms with Crippen molar-refractivity contribution in [1.82, 2.24) is 0 Å². The fourth-order valence-electron chi connectivity index (χ4n) is 6.43. The molecular weight excluding hydrogens is 470 g/mol. The first-order valence-corrected chi connectivity index (χ1v) is 14.0. The molecule has 0 aliphatic heterocycles. The normalized spacial score (nSPS) is 13.6. The third kappa shape index (κ3) is 3.76. The van der Waals surface area contributed by atoms with Crippen LogP contribution >= 0.6 is 0 Å². The Balaban J connectivity index is 1.39. The Bertz CT molecular complexity index is 1860. The molecule has 0 unspecified atom stereocenters. The fraction of sp³-hybridized carbons (Fsp3) is 0.158. The quantitative estimate of drug-likeness (QED) is 0.216. The van der Waals surface area contributed by atoms with Crippen molar-refractivity contribution in [3.63, 3.8) is 0 Å². The summed E-state index contributed by atoms with van der Waals surface area (Å²) in [5, 5.41) is 5.17. The molecule has 1 nitrogen and oxygen atoms in total. The fourth-order valence-corrected chi connectivity index (χ4v) is 6.43. The Morgan fingerprint density at radius 1 is 0.513 bits per heavy atom. The average molecular weight is 504 g/mol. The molecule has 0 N–H and O–H groups in total. The zero-order valence-electron chi connectivity index (χ0n) is 23.1. The van der Waals surface area contributed by atoms with Crippen LogP contribution in [0, 0.1) is 0 Å². The molecule has 1 aliphatic carbocycles. The minimum Gasteiger partial charge on any atom is -0.310 e. The van der Waals surface area contributed by atoms with E-state index in [0.717, 1.165) is 5.69 Å². The van der Waals surface area contributed by atoms with Gasteiger partial charge in [0, 0.05) is 22.5 Å². The molecule has 39 heavy (non-hydrogen) atoms. The molecule has 0 spiro atoms. The van der Waals surface area contributed by atoms with Crippen molar-refractivity contribution in [1.29, 1.82) is 0 Å². The Kier molecular flexibility index (Phi) is 5.39. The van der Waals surface area contributed by atoms with Gasteiger partial charge < -0.3 is 4.90 Å². The zero-order valence-corrected chi connectivity index (χ0v) is 23.1. The number of fused-ring (bicyclic) bond motifs is 6. The van der Waals surface area contributed by atoms with Crippen LogP contribution in [0.5, 0.6) is 0 Å². The SMILES string of the molecule is CC(C)c1ccc2c(ccc3cc(N(c4ccccc4)c4ccc5c(c4)C(C)(C)c4ccccc4-5)ccc32)c1. The summed E-state index contributed by atoms with van der Waals surface area (Å²) in [5.74, 6) is 0.525. The van der Waals surface area contributed by atoms with E-state index < -0.39 is 0 Å². The van der Waals surface area contributed by atoms with Gasteiger partial charge in [-0.2, -0.15) is 0 Å². The second-order valence-electron chi connectivity index (χ2n) is 11.7. The summed E-state index contributed by atoms with van der Waals surface area (Å²) in [6, 6.07) is 44.9. The number of hydrogen-bond acceptors (Lipinski definition) is 1. The summed E-state index contributed by atoms with van der Waals surface area (Å²) < 4.78 is 0. The van der Waals surface area contributed by atoms with Crippen LogP contribution in [0.15, 0.2) is 121 Å². The molecule has 0 amide bonds. The minimum atomic E-state index is -0.0402. The van der Waals surface area contributed by atoms with Crippen LogP contribution in [0.25, 0.3) is 32.7 Å². The van der Waals surface area contributed by atoms with Crippen molar-refractivity contribution in [3.05, 3.63) is 138 Å². The highest BCUT2D eigenvalue weighted by molar-refractivity contribution is 6.08. The van der Waals surface area contributed by atoms with E-state index in [-0.39, 0.29) is 5.41 Å². The van der Waals surface area contributed by atoms with Gasteiger partial charge in [-0.25, -0.2) is 0 Å². The van der Waals surface area contributed by atoms with E-state index in [9.17, 15) is 0 Å². The maximum atomic E-state index is 2.40. The van der Waals surface area contributed by atoms with Crippen molar-refractivity contribution in [2.45, 2.75) is 39.0 Å². The smallest absolute Gasteiger partial charge is 0.0468 e. The molecule has 0 aromatic heterocycles. The molecule has 6 aromatic carbocycles. The van der Waals surface area contributed by atoms with Crippen LogP contribution in [0.2, 0.25) is 0 Å². The molecule has 0 atom stereocenters. The van der Waals surface area contributed by atoms with Gasteiger partial charge in [-0.15, -0.1) is 0 Å². The van der Waals surface area contributed by atoms with Gasteiger partial charge in [0.25, 0.3) is 0 Å². The molecule has 1 aliphatic rings. The minimum absolute atomic E-state index is 0.0402. The van der Waals surface area contributed by atoms with Crippen molar-refractivity contribution in [2.24, 2.45) is 0 Å². The van der Waals surface area contributed by atoms with Gasteiger partial charge in [0.2, 0.25) is 0 Å². The van der Waals surface area contributed by atoms with Crippen molar-refractivity contribution < 1.29 is 0 Å². The lowest BCUT2D eigenvalue weighted by molar-refractivity contribution is 0.660. The Morgan fingerprint density at radius 3 is 1.90 bits per heavy atom. The van der Waals surface area contributed by atoms with Crippen molar-refractivity contribution in [3.8, 4) is 11.1 Å². The van der Waals surface area contributed by atoms with Gasteiger partial charge in [-0.3, -0.25) is 0 Å². The molecule has 0 fully saturated rings. The van der Waals surface area contributed by atoms with Crippen molar-refractivity contribution in [2.75, 3.05) is 4.90 Å². The lowest BCUT2D eigenvalue weighted by Crippen LogP contribution is -2.16. The van der Waals surface area contributed by atoms with Crippen LogP contribution in [-0.2, 0) is 5.41 Å². The van der Waals surface area contributed by atoms with E-state index in [1.54, 1.807) is 0 Å². The number of hydrogen-bond donors (Lipinski definition) is 0. The first kappa shape index (κ1) is 23.7. The number of anilines is 3. The van der Waals surface area contributed by atoms with Crippen LogP contribution in [0.3, 0.4) is 0 Å². The Labute approximate surface area is 231 Å². The average Bonchev–Trinajstić information content (AvgIpc) is 3.19. The van der Waals surface area contributed by atoms with Gasteiger partial charge in [-0.1, -0.05) is 113 Å². The van der Waals surface area contributed by atoms with Gasteiger partial charge >= 0.3 is 0 Å². The van der Waals surface area contributed by atoms with Crippen LogP contribution in [-0.4, -0.2) is 0 Å². The van der Waals surface area contributed by atoms with Gasteiger partial charge in [-0.05, 0) is 91.7 Å². The third-order valence-electron chi connectivity index (χ3n) is 8.61. The second kappa shape index (κ2) is 8.85. The highest BCUT2D eigenvalue weighted by Gasteiger charge is 2.35. The highest BCUT2D eigenvalue weighted by atomic mass is 15.1.